The molecule has 7 heteroatoms. The number of fused-ring (bicyclic) bond motifs is 1. The molecule has 1 aromatic carbocycles. The highest BCUT2D eigenvalue weighted by Crippen LogP contribution is 2.38. The van der Waals surface area contributed by atoms with E-state index in [0.29, 0.717) is 21.1 Å². The Morgan fingerprint density at radius 3 is 3.05 bits per heavy atom. The van der Waals surface area contributed by atoms with Crippen LogP contribution in [0.1, 0.15) is 10.5 Å². The first-order valence-corrected chi connectivity index (χ1v) is 7.03. The molecule has 2 aromatic heterocycles. The van der Waals surface area contributed by atoms with E-state index < -0.39 is 5.91 Å². The van der Waals surface area contributed by atoms with E-state index in [9.17, 15) is 9.18 Å². The van der Waals surface area contributed by atoms with Crippen molar-refractivity contribution in [2.45, 2.75) is 9.79 Å². The SMILES string of the molecule is NC(=O)c1[nH]c2ncsc2c1Sc1cccc(F)c1. The van der Waals surface area contributed by atoms with E-state index in [1.165, 1.54) is 35.2 Å². The van der Waals surface area contributed by atoms with Crippen molar-refractivity contribution < 1.29 is 9.18 Å². The Hall–Kier alpha value is -1.86. The summed E-state index contributed by atoms with van der Waals surface area (Å²) < 4.78 is 14.0. The number of primary amides is 1. The van der Waals surface area contributed by atoms with Crippen molar-refractivity contribution in [3.8, 4) is 0 Å². The standard InChI is InChI=1S/C12H8FN3OS2/c13-6-2-1-3-7(4-6)19-9-8(11(14)17)16-12-10(9)18-5-15-12/h1-5,16H,(H2,14,17). The van der Waals surface area contributed by atoms with Crippen molar-refractivity contribution in [1.82, 2.24) is 9.97 Å². The van der Waals surface area contributed by atoms with Gasteiger partial charge in [0.1, 0.15) is 17.2 Å². The van der Waals surface area contributed by atoms with Crippen LogP contribution in [0.5, 0.6) is 0 Å². The number of nitrogens with two attached hydrogens (primary N) is 1. The molecule has 4 nitrogen and oxygen atoms in total. The monoisotopic (exact) mass is 293 g/mol. The molecule has 19 heavy (non-hydrogen) atoms. The fourth-order valence-electron chi connectivity index (χ4n) is 1.70. The van der Waals surface area contributed by atoms with Crippen molar-refractivity contribution in [3.05, 3.63) is 41.3 Å². The Kier molecular flexibility index (Phi) is 3.00. The molecule has 0 bridgehead atoms. The van der Waals surface area contributed by atoms with Gasteiger partial charge in [0.05, 0.1) is 15.1 Å². The molecule has 0 unspecified atom stereocenters. The zero-order valence-electron chi connectivity index (χ0n) is 9.51. The molecule has 0 saturated heterocycles. The number of aromatic amines is 1. The van der Waals surface area contributed by atoms with Crippen LogP contribution in [0.3, 0.4) is 0 Å². The van der Waals surface area contributed by atoms with E-state index in [1.807, 2.05) is 0 Å². The minimum atomic E-state index is -0.552. The van der Waals surface area contributed by atoms with E-state index in [-0.39, 0.29) is 5.82 Å². The van der Waals surface area contributed by atoms with Gasteiger partial charge in [0, 0.05) is 4.90 Å². The average Bonchev–Trinajstić information content (AvgIpc) is 2.92. The molecule has 2 heterocycles. The second-order valence-corrected chi connectivity index (χ2v) is 5.72. The molecule has 3 aromatic rings. The van der Waals surface area contributed by atoms with Crippen LogP contribution in [0, 0.1) is 5.82 Å². The van der Waals surface area contributed by atoms with E-state index >= 15 is 0 Å². The van der Waals surface area contributed by atoms with Crippen LogP contribution in [-0.4, -0.2) is 15.9 Å². The number of nitrogens with one attached hydrogen (secondary N) is 1. The van der Waals surface area contributed by atoms with Crippen LogP contribution >= 0.6 is 23.1 Å². The number of hydrogen-bond donors (Lipinski definition) is 2. The van der Waals surface area contributed by atoms with Gasteiger partial charge in [-0.25, -0.2) is 9.37 Å². The summed E-state index contributed by atoms with van der Waals surface area (Å²) in [7, 11) is 0. The zero-order valence-corrected chi connectivity index (χ0v) is 11.1. The Balaban J connectivity index is 2.10. The maximum Gasteiger partial charge on any atom is 0.266 e. The molecule has 1 amide bonds. The Labute approximate surface area is 115 Å². The largest absolute Gasteiger partial charge is 0.364 e. The summed E-state index contributed by atoms with van der Waals surface area (Å²) in [6.45, 7) is 0. The number of H-pyrrole nitrogens is 1. The summed E-state index contributed by atoms with van der Waals surface area (Å²) in [6, 6.07) is 6.18. The Morgan fingerprint density at radius 1 is 1.47 bits per heavy atom. The molecule has 0 aliphatic rings. The van der Waals surface area contributed by atoms with Gasteiger partial charge in [-0.05, 0) is 18.2 Å². The third kappa shape index (κ3) is 2.22. The number of nitrogens with zero attached hydrogens (tertiary/aromatic N) is 1. The molecule has 0 atom stereocenters. The fraction of sp³-hybridized carbons (Fsp3) is 0. The molecular formula is C12H8FN3OS2. The first-order valence-electron chi connectivity index (χ1n) is 5.33. The topological polar surface area (TPSA) is 71.8 Å². The summed E-state index contributed by atoms with van der Waals surface area (Å²) >= 11 is 2.71. The van der Waals surface area contributed by atoms with Crippen LogP contribution in [0.2, 0.25) is 0 Å². The van der Waals surface area contributed by atoms with Gasteiger partial charge < -0.3 is 10.7 Å². The number of benzene rings is 1. The third-order valence-corrected chi connectivity index (χ3v) is 4.58. The number of carbonyl (C=O) groups is 1. The van der Waals surface area contributed by atoms with Gasteiger partial charge in [-0.3, -0.25) is 4.79 Å². The second kappa shape index (κ2) is 4.67. The zero-order chi connectivity index (χ0) is 13.4. The highest BCUT2D eigenvalue weighted by molar-refractivity contribution is 7.99. The van der Waals surface area contributed by atoms with Crippen molar-refractivity contribution in [2.75, 3.05) is 0 Å². The molecule has 0 aliphatic carbocycles. The second-order valence-electron chi connectivity index (χ2n) is 3.78. The van der Waals surface area contributed by atoms with Crippen LogP contribution in [-0.2, 0) is 0 Å². The van der Waals surface area contributed by atoms with Crippen molar-refractivity contribution in [3.63, 3.8) is 0 Å². The minimum absolute atomic E-state index is 0.309. The van der Waals surface area contributed by atoms with E-state index in [0.717, 1.165) is 4.70 Å². The summed E-state index contributed by atoms with van der Waals surface area (Å²) in [4.78, 5) is 19.8. The maximum absolute atomic E-state index is 13.2. The van der Waals surface area contributed by atoms with Crippen molar-refractivity contribution in [1.29, 1.82) is 0 Å². The molecule has 0 aliphatic heterocycles. The highest BCUT2D eigenvalue weighted by atomic mass is 32.2. The quantitative estimate of drug-likeness (QED) is 0.779. The lowest BCUT2D eigenvalue weighted by molar-refractivity contribution is 0.0993. The first kappa shape index (κ1) is 12.2. The van der Waals surface area contributed by atoms with Crippen LogP contribution in [0.25, 0.3) is 10.3 Å². The van der Waals surface area contributed by atoms with E-state index in [1.54, 1.807) is 17.6 Å². The molecule has 96 valence electrons. The van der Waals surface area contributed by atoms with Gasteiger partial charge >= 0.3 is 0 Å². The molecule has 3 rings (SSSR count). The molecule has 0 fully saturated rings. The smallest absolute Gasteiger partial charge is 0.266 e. The highest BCUT2D eigenvalue weighted by Gasteiger charge is 2.18. The van der Waals surface area contributed by atoms with E-state index in [2.05, 4.69) is 9.97 Å². The van der Waals surface area contributed by atoms with Crippen molar-refractivity contribution >= 4 is 39.4 Å². The summed E-state index contributed by atoms with van der Waals surface area (Å²) in [6.07, 6.45) is 0. The predicted molar refractivity (Wildman–Crippen MR) is 73.0 cm³/mol. The van der Waals surface area contributed by atoms with Crippen LogP contribution in [0.15, 0.2) is 39.6 Å². The van der Waals surface area contributed by atoms with Gasteiger partial charge in [-0.1, -0.05) is 17.8 Å². The normalized spacial score (nSPS) is 11.0. The van der Waals surface area contributed by atoms with Crippen LogP contribution < -0.4 is 5.73 Å². The van der Waals surface area contributed by atoms with E-state index in [4.69, 9.17) is 5.73 Å². The summed E-state index contributed by atoms with van der Waals surface area (Å²) in [5.74, 6) is -0.870. The Morgan fingerprint density at radius 2 is 2.32 bits per heavy atom. The minimum Gasteiger partial charge on any atom is -0.364 e. The molecule has 0 saturated carbocycles. The number of rotatable bonds is 3. The maximum atomic E-state index is 13.2. The summed E-state index contributed by atoms with van der Waals surface area (Å²) in [5.41, 5.74) is 7.95. The number of hydrogen-bond acceptors (Lipinski definition) is 4. The van der Waals surface area contributed by atoms with Gasteiger partial charge in [-0.2, -0.15) is 0 Å². The van der Waals surface area contributed by atoms with Gasteiger partial charge in [0.25, 0.3) is 5.91 Å². The molecule has 0 radical (unpaired) electrons. The van der Waals surface area contributed by atoms with Crippen molar-refractivity contribution in [2.24, 2.45) is 5.73 Å². The number of thiazole rings is 1. The lowest BCUT2D eigenvalue weighted by Gasteiger charge is -2.01. The number of aromatic nitrogens is 2. The molecular weight excluding hydrogens is 285 g/mol. The first-order chi connectivity index (χ1) is 9.15. The van der Waals surface area contributed by atoms with Gasteiger partial charge in [-0.15, -0.1) is 11.3 Å². The number of carbonyl (C=O) groups excluding carboxylic acids is 1. The average molecular weight is 293 g/mol. The summed E-state index contributed by atoms with van der Waals surface area (Å²) in [5, 5.41) is 0. The third-order valence-electron chi connectivity index (χ3n) is 2.51. The Bertz CT molecular complexity index is 765. The van der Waals surface area contributed by atoms with Gasteiger partial charge in [0.15, 0.2) is 0 Å². The lowest BCUT2D eigenvalue weighted by atomic mass is 10.3. The lowest BCUT2D eigenvalue weighted by Crippen LogP contribution is -2.12. The number of halogens is 1. The van der Waals surface area contributed by atoms with Crippen LogP contribution in [0.4, 0.5) is 4.39 Å². The fourth-order valence-corrected chi connectivity index (χ4v) is 3.66. The molecule has 0 spiro atoms. The number of amides is 1. The molecule has 3 N–H and O–H groups in total. The van der Waals surface area contributed by atoms with Gasteiger partial charge in [0.2, 0.25) is 0 Å². The predicted octanol–water partition coefficient (Wildman–Crippen LogP) is 3.01.